The molecule has 0 fully saturated rings. The predicted molar refractivity (Wildman–Crippen MR) is 47.2 cm³/mol. The topological polar surface area (TPSA) is 49.7 Å². The summed E-state index contributed by atoms with van der Waals surface area (Å²) < 4.78 is 0. The van der Waals surface area contributed by atoms with Crippen molar-refractivity contribution in [1.29, 1.82) is 0 Å². The molecule has 0 atom stereocenters. The van der Waals surface area contributed by atoms with Gasteiger partial charge in [0.15, 0.2) is 0 Å². The standard InChI is InChI=1S/C9H13NO2/c1-6(2)7-4-3-5-8(10-7)9(11)12/h5-6H,3-4H2,1-2H3,(H,11,12). The van der Waals surface area contributed by atoms with Gasteiger partial charge in [0.2, 0.25) is 0 Å². The molecule has 0 radical (unpaired) electrons. The van der Waals surface area contributed by atoms with E-state index in [-0.39, 0.29) is 5.70 Å². The maximum Gasteiger partial charge on any atom is 0.354 e. The highest BCUT2D eigenvalue weighted by atomic mass is 16.4. The monoisotopic (exact) mass is 167 g/mol. The lowest BCUT2D eigenvalue weighted by molar-refractivity contribution is -0.132. The van der Waals surface area contributed by atoms with Crippen molar-refractivity contribution in [3.05, 3.63) is 11.8 Å². The zero-order valence-corrected chi connectivity index (χ0v) is 7.37. The van der Waals surface area contributed by atoms with Crippen molar-refractivity contribution < 1.29 is 9.90 Å². The predicted octanol–water partition coefficient (Wildman–Crippen LogP) is 1.85. The number of aliphatic imine (C=N–C) groups is 1. The molecule has 12 heavy (non-hydrogen) atoms. The van der Waals surface area contributed by atoms with Crippen molar-refractivity contribution in [3.63, 3.8) is 0 Å². The summed E-state index contributed by atoms with van der Waals surface area (Å²) in [6.07, 6.45) is 3.38. The van der Waals surface area contributed by atoms with Gasteiger partial charge in [-0.1, -0.05) is 19.9 Å². The van der Waals surface area contributed by atoms with Crippen molar-refractivity contribution in [2.75, 3.05) is 0 Å². The molecule has 66 valence electrons. The van der Waals surface area contributed by atoms with Crippen molar-refractivity contribution in [1.82, 2.24) is 0 Å². The summed E-state index contributed by atoms with van der Waals surface area (Å²) in [7, 11) is 0. The van der Waals surface area contributed by atoms with Crippen LogP contribution in [0.5, 0.6) is 0 Å². The minimum Gasteiger partial charge on any atom is -0.477 e. The first-order valence-electron chi connectivity index (χ1n) is 4.12. The van der Waals surface area contributed by atoms with Crippen LogP contribution >= 0.6 is 0 Å². The summed E-state index contributed by atoms with van der Waals surface area (Å²) in [4.78, 5) is 14.6. The van der Waals surface area contributed by atoms with Gasteiger partial charge in [0, 0.05) is 5.71 Å². The highest BCUT2D eigenvalue weighted by Gasteiger charge is 2.14. The fourth-order valence-electron chi connectivity index (χ4n) is 1.17. The number of aliphatic carboxylic acids is 1. The normalized spacial score (nSPS) is 17.2. The van der Waals surface area contributed by atoms with E-state index in [9.17, 15) is 4.79 Å². The Morgan fingerprint density at radius 2 is 2.33 bits per heavy atom. The van der Waals surface area contributed by atoms with Crippen molar-refractivity contribution in [2.45, 2.75) is 26.7 Å². The van der Waals surface area contributed by atoms with Gasteiger partial charge in [0.25, 0.3) is 0 Å². The molecule has 0 spiro atoms. The van der Waals surface area contributed by atoms with Crippen LogP contribution in [0.4, 0.5) is 0 Å². The summed E-state index contributed by atoms with van der Waals surface area (Å²) in [6, 6.07) is 0. The van der Waals surface area contributed by atoms with Crippen LogP contribution in [-0.4, -0.2) is 16.8 Å². The van der Waals surface area contributed by atoms with Crippen molar-refractivity contribution in [2.24, 2.45) is 10.9 Å². The minimum atomic E-state index is -0.923. The number of allylic oxidation sites excluding steroid dienone is 1. The molecule has 0 unspecified atom stereocenters. The number of nitrogens with zero attached hydrogens (tertiary/aromatic N) is 1. The second kappa shape index (κ2) is 3.52. The Morgan fingerprint density at radius 3 is 2.83 bits per heavy atom. The molecule has 0 aromatic carbocycles. The Morgan fingerprint density at radius 1 is 1.67 bits per heavy atom. The second-order valence-electron chi connectivity index (χ2n) is 3.19. The van der Waals surface area contributed by atoms with Crippen molar-refractivity contribution >= 4 is 11.7 Å². The third-order valence-corrected chi connectivity index (χ3v) is 1.89. The number of carbonyl (C=O) groups is 1. The first-order valence-corrected chi connectivity index (χ1v) is 4.12. The highest BCUT2D eigenvalue weighted by Crippen LogP contribution is 2.15. The third kappa shape index (κ3) is 1.94. The molecule has 3 nitrogen and oxygen atoms in total. The Labute approximate surface area is 71.8 Å². The number of hydrogen-bond acceptors (Lipinski definition) is 2. The summed E-state index contributed by atoms with van der Waals surface area (Å²) in [5.41, 5.74) is 1.19. The average molecular weight is 167 g/mol. The maximum atomic E-state index is 10.5. The Bertz CT molecular complexity index is 251. The van der Waals surface area contributed by atoms with E-state index in [2.05, 4.69) is 4.99 Å². The van der Waals surface area contributed by atoms with Crippen LogP contribution in [0, 0.1) is 5.92 Å². The van der Waals surface area contributed by atoms with E-state index in [1.807, 2.05) is 13.8 Å². The fraction of sp³-hybridized carbons (Fsp3) is 0.556. The van der Waals surface area contributed by atoms with Gasteiger partial charge in [0.05, 0.1) is 0 Å². The van der Waals surface area contributed by atoms with Crippen LogP contribution in [-0.2, 0) is 4.79 Å². The molecule has 1 rings (SSSR count). The van der Waals surface area contributed by atoms with Crippen LogP contribution in [0.25, 0.3) is 0 Å². The molecule has 0 saturated heterocycles. The molecule has 1 aliphatic rings. The van der Waals surface area contributed by atoms with Gasteiger partial charge in [-0.05, 0) is 18.8 Å². The maximum absolute atomic E-state index is 10.5. The van der Waals surface area contributed by atoms with E-state index < -0.39 is 5.97 Å². The van der Waals surface area contributed by atoms with Gasteiger partial charge in [-0.25, -0.2) is 4.79 Å². The number of carboxylic acids is 1. The number of rotatable bonds is 2. The largest absolute Gasteiger partial charge is 0.477 e. The summed E-state index contributed by atoms with van der Waals surface area (Å²) in [5, 5.41) is 8.66. The van der Waals surface area contributed by atoms with Gasteiger partial charge >= 0.3 is 5.97 Å². The first kappa shape index (κ1) is 8.97. The summed E-state index contributed by atoms with van der Waals surface area (Å²) in [5.74, 6) is -0.569. The fourth-order valence-corrected chi connectivity index (χ4v) is 1.17. The van der Waals surface area contributed by atoms with E-state index in [1.165, 1.54) is 0 Å². The first-order chi connectivity index (χ1) is 5.61. The number of hydrogen-bond donors (Lipinski definition) is 1. The lowest BCUT2D eigenvalue weighted by Gasteiger charge is -2.13. The van der Waals surface area contributed by atoms with Crippen LogP contribution < -0.4 is 0 Å². The third-order valence-electron chi connectivity index (χ3n) is 1.89. The summed E-state index contributed by atoms with van der Waals surface area (Å²) >= 11 is 0. The van der Waals surface area contributed by atoms with Crippen molar-refractivity contribution in [3.8, 4) is 0 Å². The van der Waals surface area contributed by atoms with E-state index in [0.717, 1.165) is 18.6 Å². The lowest BCUT2D eigenvalue weighted by atomic mass is 10.0. The van der Waals surface area contributed by atoms with Gasteiger partial charge in [-0.3, -0.25) is 4.99 Å². The van der Waals surface area contributed by atoms with Gasteiger partial charge in [-0.2, -0.15) is 0 Å². The Kier molecular flexibility index (Phi) is 2.63. The molecule has 0 amide bonds. The second-order valence-corrected chi connectivity index (χ2v) is 3.19. The molecule has 1 N–H and O–H groups in total. The van der Waals surface area contributed by atoms with Crippen LogP contribution in [0.3, 0.4) is 0 Å². The van der Waals surface area contributed by atoms with E-state index in [1.54, 1.807) is 6.08 Å². The minimum absolute atomic E-state index is 0.199. The summed E-state index contributed by atoms with van der Waals surface area (Å²) in [6.45, 7) is 4.06. The molecule has 3 heteroatoms. The number of carboxylic acid groups (broad SMARTS) is 1. The molecule has 1 heterocycles. The van der Waals surface area contributed by atoms with Gasteiger partial charge in [-0.15, -0.1) is 0 Å². The molecule has 0 saturated carbocycles. The Hall–Kier alpha value is -1.12. The zero-order valence-electron chi connectivity index (χ0n) is 7.37. The van der Waals surface area contributed by atoms with Crippen LogP contribution in [0.2, 0.25) is 0 Å². The van der Waals surface area contributed by atoms with E-state index in [4.69, 9.17) is 5.11 Å². The average Bonchev–Trinajstić information content (AvgIpc) is 2.04. The smallest absolute Gasteiger partial charge is 0.354 e. The van der Waals surface area contributed by atoms with E-state index in [0.29, 0.717) is 5.92 Å². The lowest BCUT2D eigenvalue weighted by Crippen LogP contribution is -2.13. The molecule has 0 aromatic heterocycles. The van der Waals surface area contributed by atoms with Gasteiger partial charge < -0.3 is 5.11 Å². The molecular formula is C9H13NO2. The molecular weight excluding hydrogens is 154 g/mol. The SMILES string of the molecule is CC(C)C1=NC(C(=O)O)=CCC1. The van der Waals surface area contributed by atoms with Gasteiger partial charge in [0.1, 0.15) is 5.70 Å². The highest BCUT2D eigenvalue weighted by molar-refractivity contribution is 5.95. The van der Waals surface area contributed by atoms with Crippen LogP contribution in [0.1, 0.15) is 26.7 Å². The van der Waals surface area contributed by atoms with E-state index >= 15 is 0 Å². The zero-order chi connectivity index (χ0) is 9.14. The molecule has 1 aliphatic heterocycles. The Balaban J connectivity index is 2.81. The molecule has 0 aromatic rings. The molecule has 0 bridgehead atoms. The molecule has 0 aliphatic carbocycles. The quantitative estimate of drug-likeness (QED) is 0.682. The van der Waals surface area contributed by atoms with Crippen LogP contribution in [0.15, 0.2) is 16.8 Å².